The van der Waals surface area contributed by atoms with Crippen molar-refractivity contribution in [3.8, 4) is 0 Å². The topological polar surface area (TPSA) is 52.7 Å². The quantitative estimate of drug-likeness (QED) is 0.736. The van der Waals surface area contributed by atoms with Crippen molar-refractivity contribution in [1.82, 2.24) is 10.2 Å². The van der Waals surface area contributed by atoms with Crippen molar-refractivity contribution in [2.75, 3.05) is 30.3 Å². The zero-order chi connectivity index (χ0) is 20.8. The number of nitrogens with one attached hydrogen (secondary N) is 1. The van der Waals surface area contributed by atoms with Crippen LogP contribution in [-0.2, 0) is 22.7 Å². The second-order valence-corrected chi connectivity index (χ2v) is 9.07. The van der Waals surface area contributed by atoms with Crippen LogP contribution in [0.15, 0.2) is 53.4 Å². The maximum Gasteiger partial charge on any atom is 0.227 e. The molecule has 6 heteroatoms. The molecule has 5 nitrogen and oxygen atoms in total. The van der Waals surface area contributed by atoms with E-state index in [4.69, 9.17) is 0 Å². The standard InChI is InChI=1S/C24H29N3O2S/c28-23(11-12-24(29)27-15-16-30-22-6-2-1-5-21(22)27)25-17-19-7-9-20(10-8-19)18-26-13-3-4-14-26/h1-2,5-10H,3-4,11-18H2,(H,25,28). The molecule has 2 aliphatic rings. The molecule has 2 aromatic rings. The van der Waals surface area contributed by atoms with Gasteiger partial charge in [0, 0.05) is 43.1 Å². The van der Waals surface area contributed by atoms with E-state index >= 15 is 0 Å². The van der Waals surface area contributed by atoms with Gasteiger partial charge in [-0.05, 0) is 49.2 Å². The number of carbonyl (C=O) groups excluding carboxylic acids is 2. The Kier molecular flexibility index (Phi) is 7.07. The van der Waals surface area contributed by atoms with E-state index in [9.17, 15) is 9.59 Å². The first kappa shape index (κ1) is 20.9. The molecular formula is C24H29N3O2S. The highest BCUT2D eigenvalue weighted by molar-refractivity contribution is 7.99. The lowest BCUT2D eigenvalue weighted by Gasteiger charge is -2.29. The predicted molar refractivity (Wildman–Crippen MR) is 122 cm³/mol. The Bertz CT molecular complexity index is 878. The molecule has 0 spiro atoms. The lowest BCUT2D eigenvalue weighted by molar-refractivity contribution is -0.125. The van der Waals surface area contributed by atoms with Crippen LogP contribution in [0.1, 0.15) is 36.8 Å². The minimum Gasteiger partial charge on any atom is -0.352 e. The molecule has 30 heavy (non-hydrogen) atoms. The summed E-state index contributed by atoms with van der Waals surface area (Å²) in [5.41, 5.74) is 3.37. The van der Waals surface area contributed by atoms with E-state index in [2.05, 4.69) is 34.5 Å². The van der Waals surface area contributed by atoms with Crippen molar-refractivity contribution < 1.29 is 9.59 Å². The number of para-hydroxylation sites is 1. The highest BCUT2D eigenvalue weighted by Gasteiger charge is 2.22. The van der Waals surface area contributed by atoms with E-state index in [0.29, 0.717) is 13.1 Å². The number of benzene rings is 2. The third kappa shape index (κ3) is 5.43. The van der Waals surface area contributed by atoms with Gasteiger partial charge in [-0.1, -0.05) is 36.4 Å². The first-order chi connectivity index (χ1) is 14.7. The first-order valence-corrected chi connectivity index (χ1v) is 11.8. The van der Waals surface area contributed by atoms with Crippen LogP contribution in [0.5, 0.6) is 0 Å². The molecule has 0 unspecified atom stereocenters. The van der Waals surface area contributed by atoms with Gasteiger partial charge in [-0.15, -0.1) is 11.8 Å². The van der Waals surface area contributed by atoms with Gasteiger partial charge in [0.15, 0.2) is 0 Å². The van der Waals surface area contributed by atoms with Gasteiger partial charge in [0.1, 0.15) is 0 Å². The summed E-state index contributed by atoms with van der Waals surface area (Å²) in [7, 11) is 0. The largest absolute Gasteiger partial charge is 0.352 e. The van der Waals surface area contributed by atoms with Gasteiger partial charge >= 0.3 is 0 Å². The smallest absolute Gasteiger partial charge is 0.227 e. The lowest BCUT2D eigenvalue weighted by Crippen LogP contribution is -2.36. The maximum absolute atomic E-state index is 12.7. The van der Waals surface area contributed by atoms with E-state index in [0.717, 1.165) is 28.4 Å². The monoisotopic (exact) mass is 423 g/mol. The predicted octanol–water partition coefficient (Wildman–Crippen LogP) is 3.82. The number of anilines is 1. The molecule has 2 aromatic carbocycles. The molecule has 0 aliphatic carbocycles. The van der Waals surface area contributed by atoms with Crippen LogP contribution in [0, 0.1) is 0 Å². The number of likely N-dealkylation sites (tertiary alicyclic amines) is 1. The molecule has 0 radical (unpaired) electrons. The molecule has 0 atom stereocenters. The zero-order valence-corrected chi connectivity index (χ0v) is 18.1. The number of thioether (sulfide) groups is 1. The van der Waals surface area contributed by atoms with Gasteiger partial charge < -0.3 is 10.2 Å². The highest BCUT2D eigenvalue weighted by atomic mass is 32.2. The van der Waals surface area contributed by atoms with Crippen molar-refractivity contribution in [2.45, 2.75) is 43.7 Å². The average Bonchev–Trinajstić information content (AvgIpc) is 3.29. The minimum absolute atomic E-state index is 0.0177. The molecule has 158 valence electrons. The molecule has 0 saturated carbocycles. The molecule has 1 N–H and O–H groups in total. The Balaban J connectivity index is 1.21. The molecule has 2 amide bonds. The highest BCUT2D eigenvalue weighted by Crippen LogP contribution is 2.34. The molecule has 4 rings (SSSR count). The molecular weight excluding hydrogens is 394 g/mol. The van der Waals surface area contributed by atoms with E-state index < -0.39 is 0 Å². The Morgan fingerprint density at radius 1 is 0.900 bits per heavy atom. The van der Waals surface area contributed by atoms with E-state index in [1.54, 1.807) is 11.8 Å². The van der Waals surface area contributed by atoms with Crippen LogP contribution in [0.3, 0.4) is 0 Å². The number of nitrogens with zero attached hydrogens (tertiary/aromatic N) is 2. The van der Waals surface area contributed by atoms with Gasteiger partial charge in [-0.2, -0.15) is 0 Å². The number of hydrogen-bond donors (Lipinski definition) is 1. The average molecular weight is 424 g/mol. The van der Waals surface area contributed by atoms with Crippen molar-refractivity contribution in [3.63, 3.8) is 0 Å². The zero-order valence-electron chi connectivity index (χ0n) is 17.3. The molecule has 1 fully saturated rings. The number of amides is 2. The van der Waals surface area contributed by atoms with Crippen LogP contribution < -0.4 is 10.2 Å². The SMILES string of the molecule is O=C(CCC(=O)N1CCSc2ccccc21)NCc1ccc(CN2CCCC2)cc1. The molecule has 2 heterocycles. The van der Waals surface area contributed by atoms with Crippen LogP contribution in [0.2, 0.25) is 0 Å². The molecule has 0 aromatic heterocycles. The summed E-state index contributed by atoms with van der Waals surface area (Å²) in [5.74, 6) is 0.830. The number of fused-ring (bicyclic) bond motifs is 1. The molecule has 0 bridgehead atoms. The number of hydrogen-bond acceptors (Lipinski definition) is 4. The Morgan fingerprint density at radius 3 is 2.43 bits per heavy atom. The summed E-state index contributed by atoms with van der Waals surface area (Å²) in [5, 5.41) is 2.94. The van der Waals surface area contributed by atoms with E-state index in [1.165, 1.54) is 31.5 Å². The second kappa shape index (κ2) is 10.1. The summed E-state index contributed by atoms with van der Waals surface area (Å²) in [6.07, 6.45) is 3.06. The fraction of sp³-hybridized carbons (Fsp3) is 0.417. The summed E-state index contributed by atoms with van der Waals surface area (Å²) >= 11 is 1.77. The first-order valence-electron chi connectivity index (χ1n) is 10.8. The van der Waals surface area contributed by atoms with Gasteiger partial charge in [0.2, 0.25) is 11.8 Å². The summed E-state index contributed by atoms with van der Waals surface area (Å²) in [4.78, 5) is 30.3. The fourth-order valence-electron chi connectivity index (χ4n) is 4.03. The van der Waals surface area contributed by atoms with Crippen molar-refractivity contribution in [1.29, 1.82) is 0 Å². The summed E-state index contributed by atoms with van der Waals surface area (Å²) in [6.45, 7) is 4.59. The molecule has 2 aliphatic heterocycles. The van der Waals surface area contributed by atoms with Crippen LogP contribution in [0.25, 0.3) is 0 Å². The summed E-state index contributed by atoms with van der Waals surface area (Å²) in [6, 6.07) is 16.4. The maximum atomic E-state index is 12.7. The van der Waals surface area contributed by atoms with Crippen molar-refractivity contribution in [3.05, 3.63) is 59.7 Å². The number of rotatable bonds is 7. The van der Waals surface area contributed by atoms with Gasteiger partial charge in [0.05, 0.1) is 5.69 Å². The Labute approximate surface area is 182 Å². The van der Waals surface area contributed by atoms with Gasteiger partial charge in [-0.25, -0.2) is 0 Å². The van der Waals surface area contributed by atoms with Crippen LogP contribution in [-0.4, -0.2) is 42.1 Å². The fourth-order valence-corrected chi connectivity index (χ4v) is 5.03. The third-order valence-corrected chi connectivity index (χ3v) is 6.76. The minimum atomic E-state index is -0.0795. The lowest BCUT2D eigenvalue weighted by atomic mass is 10.1. The number of carbonyl (C=O) groups is 2. The Hall–Kier alpha value is -2.31. The molecule has 1 saturated heterocycles. The normalized spacial score (nSPS) is 16.3. The van der Waals surface area contributed by atoms with Crippen LogP contribution in [0.4, 0.5) is 5.69 Å². The summed E-state index contributed by atoms with van der Waals surface area (Å²) < 4.78 is 0. The second-order valence-electron chi connectivity index (χ2n) is 7.94. The van der Waals surface area contributed by atoms with Gasteiger partial charge in [-0.3, -0.25) is 14.5 Å². The van der Waals surface area contributed by atoms with Crippen molar-refractivity contribution >= 4 is 29.3 Å². The third-order valence-electron chi connectivity index (χ3n) is 5.71. The van der Waals surface area contributed by atoms with E-state index in [1.807, 2.05) is 29.2 Å². The van der Waals surface area contributed by atoms with Gasteiger partial charge in [0.25, 0.3) is 0 Å². The van der Waals surface area contributed by atoms with Crippen molar-refractivity contribution in [2.24, 2.45) is 0 Å². The Morgan fingerprint density at radius 2 is 1.63 bits per heavy atom. The van der Waals surface area contributed by atoms with Crippen LogP contribution >= 0.6 is 11.8 Å². The van der Waals surface area contributed by atoms with E-state index in [-0.39, 0.29) is 24.7 Å².